The number of piperidine rings is 1. The van der Waals surface area contributed by atoms with Crippen LogP contribution in [0.5, 0.6) is 0 Å². The summed E-state index contributed by atoms with van der Waals surface area (Å²) in [4.78, 5) is 16.6. The van der Waals surface area contributed by atoms with Crippen LogP contribution in [0.4, 0.5) is 0 Å². The van der Waals surface area contributed by atoms with E-state index in [1.54, 1.807) is 23.1 Å². The fourth-order valence-electron chi connectivity index (χ4n) is 3.34. The van der Waals surface area contributed by atoms with E-state index in [-0.39, 0.29) is 19.0 Å². The van der Waals surface area contributed by atoms with E-state index in [0.29, 0.717) is 17.4 Å². The van der Waals surface area contributed by atoms with Gasteiger partial charge in [0.15, 0.2) is 5.76 Å². The first-order valence-electron chi connectivity index (χ1n) is 9.16. The Morgan fingerprint density at radius 3 is 3.07 bits per heavy atom. The molecule has 1 saturated heterocycles. The van der Waals surface area contributed by atoms with Gasteiger partial charge in [-0.25, -0.2) is 0 Å². The molecule has 0 aromatic carbocycles. The maximum Gasteiger partial charge on any atom is 0.242 e. The third-order valence-corrected chi connectivity index (χ3v) is 4.70. The number of nitrogens with zero attached hydrogens (tertiary/aromatic N) is 4. The summed E-state index contributed by atoms with van der Waals surface area (Å²) >= 11 is 0. The van der Waals surface area contributed by atoms with Crippen molar-refractivity contribution in [3.63, 3.8) is 0 Å². The van der Waals surface area contributed by atoms with Crippen LogP contribution in [0.1, 0.15) is 30.2 Å². The topological polar surface area (TPSA) is 97.9 Å². The Balaban J connectivity index is 1.33. The zero-order chi connectivity index (χ0) is 18.5. The standard InChI is InChI=1S/C19H22N6O2/c26-19(13-25-18(6-9-23-25)14-4-3-7-20-11-14)22-12-15-10-17(24-27-15)16-5-1-2-8-21-16/h1-2,5-6,8-10,14,20H,3-4,7,11-13H2,(H,22,26). The Kier molecular flexibility index (Phi) is 5.24. The number of aromatic nitrogens is 4. The number of amides is 1. The Bertz CT molecular complexity index is 883. The molecule has 1 amide bonds. The number of carbonyl (C=O) groups is 1. The molecule has 1 unspecified atom stereocenters. The predicted octanol–water partition coefficient (Wildman–Crippen LogP) is 1.72. The molecular weight excluding hydrogens is 344 g/mol. The first-order chi connectivity index (χ1) is 13.3. The fourth-order valence-corrected chi connectivity index (χ4v) is 3.34. The smallest absolute Gasteiger partial charge is 0.242 e. The number of nitrogens with one attached hydrogen (secondary N) is 2. The second-order valence-electron chi connectivity index (χ2n) is 6.63. The van der Waals surface area contributed by atoms with Crippen LogP contribution in [0.3, 0.4) is 0 Å². The van der Waals surface area contributed by atoms with E-state index in [2.05, 4.69) is 25.9 Å². The molecule has 1 atom stereocenters. The highest BCUT2D eigenvalue weighted by molar-refractivity contribution is 5.75. The van der Waals surface area contributed by atoms with Crippen LogP contribution in [0.2, 0.25) is 0 Å². The van der Waals surface area contributed by atoms with Gasteiger partial charge < -0.3 is 15.2 Å². The second kappa shape index (κ2) is 8.13. The zero-order valence-electron chi connectivity index (χ0n) is 15.0. The molecule has 2 N–H and O–H groups in total. The number of hydrogen-bond acceptors (Lipinski definition) is 6. The van der Waals surface area contributed by atoms with Gasteiger partial charge in [-0.2, -0.15) is 5.10 Å². The Morgan fingerprint density at radius 1 is 1.30 bits per heavy atom. The number of carbonyl (C=O) groups excluding carboxylic acids is 1. The summed E-state index contributed by atoms with van der Waals surface area (Å²) in [6, 6.07) is 9.38. The van der Waals surface area contributed by atoms with Crippen molar-refractivity contribution in [1.29, 1.82) is 0 Å². The van der Waals surface area contributed by atoms with Crippen LogP contribution in [0.15, 0.2) is 47.2 Å². The SMILES string of the molecule is O=C(Cn1nccc1C1CCCNC1)NCc1cc(-c2ccccn2)no1. The lowest BCUT2D eigenvalue weighted by Gasteiger charge is -2.23. The molecule has 0 radical (unpaired) electrons. The summed E-state index contributed by atoms with van der Waals surface area (Å²) in [5.74, 6) is 0.880. The van der Waals surface area contributed by atoms with Crippen LogP contribution in [-0.2, 0) is 17.9 Å². The summed E-state index contributed by atoms with van der Waals surface area (Å²) in [5, 5.41) is 14.6. The van der Waals surface area contributed by atoms with Gasteiger partial charge in [-0.15, -0.1) is 0 Å². The normalized spacial score (nSPS) is 17.0. The molecule has 4 rings (SSSR count). The molecule has 0 aliphatic carbocycles. The van der Waals surface area contributed by atoms with E-state index in [0.717, 1.165) is 37.3 Å². The highest BCUT2D eigenvalue weighted by Gasteiger charge is 2.20. The van der Waals surface area contributed by atoms with Crippen molar-refractivity contribution >= 4 is 5.91 Å². The van der Waals surface area contributed by atoms with Gasteiger partial charge in [0.1, 0.15) is 12.2 Å². The van der Waals surface area contributed by atoms with Crippen molar-refractivity contribution in [3.8, 4) is 11.4 Å². The molecule has 1 aliphatic rings. The molecule has 1 fully saturated rings. The molecule has 8 heteroatoms. The van der Waals surface area contributed by atoms with E-state index in [1.165, 1.54) is 0 Å². The number of rotatable bonds is 6. The van der Waals surface area contributed by atoms with Crippen LogP contribution < -0.4 is 10.6 Å². The highest BCUT2D eigenvalue weighted by Crippen LogP contribution is 2.22. The van der Waals surface area contributed by atoms with Gasteiger partial charge in [0.2, 0.25) is 5.91 Å². The van der Waals surface area contributed by atoms with Crippen LogP contribution in [0.25, 0.3) is 11.4 Å². The molecule has 4 heterocycles. The van der Waals surface area contributed by atoms with Crippen LogP contribution in [-0.4, -0.2) is 38.9 Å². The first kappa shape index (κ1) is 17.4. The van der Waals surface area contributed by atoms with E-state index < -0.39 is 0 Å². The molecule has 3 aromatic rings. The Morgan fingerprint density at radius 2 is 2.26 bits per heavy atom. The average Bonchev–Trinajstić information content (AvgIpc) is 3.37. The quantitative estimate of drug-likeness (QED) is 0.689. The molecular formula is C19H22N6O2. The highest BCUT2D eigenvalue weighted by atomic mass is 16.5. The van der Waals surface area contributed by atoms with Crippen molar-refractivity contribution < 1.29 is 9.32 Å². The molecule has 0 saturated carbocycles. The van der Waals surface area contributed by atoms with Gasteiger partial charge in [0.25, 0.3) is 0 Å². The van der Waals surface area contributed by atoms with Gasteiger partial charge in [-0.1, -0.05) is 11.2 Å². The van der Waals surface area contributed by atoms with Crippen LogP contribution in [0, 0.1) is 0 Å². The number of pyridine rings is 1. The average molecular weight is 366 g/mol. The van der Waals surface area contributed by atoms with Gasteiger partial charge in [-0.05, 0) is 37.6 Å². The lowest BCUT2D eigenvalue weighted by atomic mass is 9.96. The zero-order valence-corrected chi connectivity index (χ0v) is 15.0. The summed E-state index contributed by atoms with van der Waals surface area (Å²) < 4.78 is 7.07. The molecule has 0 spiro atoms. The molecule has 140 valence electrons. The van der Waals surface area contributed by atoms with Crippen molar-refractivity contribution in [2.24, 2.45) is 0 Å². The van der Waals surface area contributed by atoms with Gasteiger partial charge >= 0.3 is 0 Å². The Labute approximate surface area is 157 Å². The minimum Gasteiger partial charge on any atom is -0.359 e. The molecule has 27 heavy (non-hydrogen) atoms. The minimum atomic E-state index is -0.112. The lowest BCUT2D eigenvalue weighted by molar-refractivity contribution is -0.122. The van der Waals surface area contributed by atoms with Gasteiger partial charge in [0, 0.05) is 36.6 Å². The summed E-state index contributed by atoms with van der Waals surface area (Å²) in [5.41, 5.74) is 2.49. The van der Waals surface area contributed by atoms with Crippen molar-refractivity contribution in [2.45, 2.75) is 31.8 Å². The maximum atomic E-state index is 12.3. The maximum absolute atomic E-state index is 12.3. The van der Waals surface area contributed by atoms with E-state index in [1.807, 2.05) is 24.3 Å². The fraction of sp³-hybridized carbons (Fsp3) is 0.368. The van der Waals surface area contributed by atoms with Gasteiger partial charge in [-0.3, -0.25) is 14.5 Å². The minimum absolute atomic E-state index is 0.112. The van der Waals surface area contributed by atoms with E-state index >= 15 is 0 Å². The predicted molar refractivity (Wildman–Crippen MR) is 98.7 cm³/mol. The third kappa shape index (κ3) is 4.22. The van der Waals surface area contributed by atoms with Crippen molar-refractivity contribution in [2.75, 3.05) is 13.1 Å². The van der Waals surface area contributed by atoms with Gasteiger partial charge in [0.05, 0.1) is 12.2 Å². The van der Waals surface area contributed by atoms with E-state index in [9.17, 15) is 4.79 Å². The number of hydrogen-bond donors (Lipinski definition) is 2. The summed E-state index contributed by atoms with van der Waals surface area (Å²) in [6.45, 7) is 2.46. The lowest BCUT2D eigenvalue weighted by Crippen LogP contribution is -2.32. The molecule has 1 aliphatic heterocycles. The third-order valence-electron chi connectivity index (χ3n) is 4.70. The molecule has 3 aromatic heterocycles. The molecule has 8 nitrogen and oxygen atoms in total. The molecule has 0 bridgehead atoms. The van der Waals surface area contributed by atoms with Crippen molar-refractivity contribution in [1.82, 2.24) is 30.6 Å². The summed E-state index contributed by atoms with van der Waals surface area (Å²) in [6.07, 6.45) is 5.72. The van der Waals surface area contributed by atoms with Crippen molar-refractivity contribution in [3.05, 3.63) is 54.2 Å². The first-order valence-corrected chi connectivity index (χ1v) is 9.16. The van der Waals surface area contributed by atoms with E-state index in [4.69, 9.17) is 4.52 Å². The largest absolute Gasteiger partial charge is 0.359 e. The monoisotopic (exact) mass is 366 g/mol. The summed E-state index contributed by atoms with van der Waals surface area (Å²) in [7, 11) is 0. The van der Waals surface area contributed by atoms with Crippen LogP contribution >= 0.6 is 0 Å². The second-order valence-corrected chi connectivity index (χ2v) is 6.63. The Hall–Kier alpha value is -3.00.